The van der Waals surface area contributed by atoms with Crippen LogP contribution in [0, 0.1) is 0 Å². The molecule has 25 heavy (non-hydrogen) atoms. The van der Waals surface area contributed by atoms with E-state index in [2.05, 4.69) is 22.1 Å². The van der Waals surface area contributed by atoms with Crippen molar-refractivity contribution in [3.05, 3.63) is 43.0 Å². The van der Waals surface area contributed by atoms with E-state index >= 15 is 0 Å². The highest BCUT2D eigenvalue weighted by Crippen LogP contribution is 2.20. The van der Waals surface area contributed by atoms with E-state index in [1.807, 2.05) is 30.3 Å². The number of hydrogen-bond donors (Lipinski definition) is 0. The Bertz CT molecular complexity index is 700. The Balaban J connectivity index is 1.61. The number of rotatable bonds is 8. The second kappa shape index (κ2) is 8.77. The van der Waals surface area contributed by atoms with Crippen LogP contribution < -0.4 is 4.90 Å². The van der Waals surface area contributed by atoms with E-state index < -0.39 is 0 Å². The molecule has 7 nitrogen and oxygen atoms in total. The zero-order valence-electron chi connectivity index (χ0n) is 14.0. The van der Waals surface area contributed by atoms with Crippen LogP contribution in [0.4, 0.5) is 5.69 Å². The second-order valence-electron chi connectivity index (χ2n) is 5.70. The molecule has 0 spiro atoms. The number of amides is 1. The number of carbonyl (C=O) groups is 1. The number of thioether (sulfide) groups is 1. The Labute approximate surface area is 151 Å². The topological polar surface area (TPSA) is 73.1 Å². The van der Waals surface area contributed by atoms with Crippen LogP contribution in [-0.2, 0) is 16.1 Å². The van der Waals surface area contributed by atoms with Crippen molar-refractivity contribution in [1.82, 2.24) is 20.2 Å². The van der Waals surface area contributed by atoms with E-state index in [0.717, 1.165) is 25.1 Å². The summed E-state index contributed by atoms with van der Waals surface area (Å²) in [7, 11) is 0. The molecule has 8 heteroatoms. The van der Waals surface area contributed by atoms with Gasteiger partial charge in [0.25, 0.3) is 0 Å². The minimum Gasteiger partial charge on any atom is -0.376 e. The predicted molar refractivity (Wildman–Crippen MR) is 96.5 cm³/mol. The summed E-state index contributed by atoms with van der Waals surface area (Å²) in [5.41, 5.74) is 0.854. The molecule has 132 valence electrons. The van der Waals surface area contributed by atoms with Gasteiger partial charge in [0, 0.05) is 18.8 Å². The zero-order valence-corrected chi connectivity index (χ0v) is 14.8. The van der Waals surface area contributed by atoms with Gasteiger partial charge in [-0.3, -0.25) is 4.79 Å². The fourth-order valence-corrected chi connectivity index (χ4v) is 3.45. The lowest BCUT2D eigenvalue weighted by Crippen LogP contribution is -2.32. The molecule has 0 N–H and O–H groups in total. The van der Waals surface area contributed by atoms with Gasteiger partial charge in [0.05, 0.1) is 18.4 Å². The molecule has 3 rings (SSSR count). The van der Waals surface area contributed by atoms with Crippen LogP contribution in [0.25, 0.3) is 0 Å². The molecule has 2 aromatic rings. The van der Waals surface area contributed by atoms with Gasteiger partial charge in [-0.2, -0.15) is 0 Å². The fraction of sp³-hybridized carbons (Fsp3) is 0.412. The monoisotopic (exact) mass is 359 g/mol. The normalized spacial score (nSPS) is 16.7. The summed E-state index contributed by atoms with van der Waals surface area (Å²) in [5.74, 6) is 0.247. The highest BCUT2D eigenvalue weighted by Gasteiger charge is 2.20. The van der Waals surface area contributed by atoms with Crippen molar-refractivity contribution in [2.45, 2.75) is 30.6 Å². The first-order valence-electron chi connectivity index (χ1n) is 8.25. The van der Waals surface area contributed by atoms with Crippen LogP contribution in [0.5, 0.6) is 0 Å². The van der Waals surface area contributed by atoms with Crippen molar-refractivity contribution >= 4 is 23.4 Å². The quantitative estimate of drug-likeness (QED) is 0.531. The van der Waals surface area contributed by atoms with E-state index in [-0.39, 0.29) is 17.8 Å². The number of hydrogen-bond acceptors (Lipinski definition) is 6. The van der Waals surface area contributed by atoms with Crippen LogP contribution in [0.15, 0.2) is 48.1 Å². The van der Waals surface area contributed by atoms with Gasteiger partial charge in [-0.05, 0) is 35.4 Å². The molecule has 0 saturated carbocycles. The molecule has 0 radical (unpaired) electrons. The molecule has 1 fully saturated rings. The number of para-hydroxylation sites is 1. The summed E-state index contributed by atoms with van der Waals surface area (Å²) >= 11 is 1.34. The van der Waals surface area contributed by atoms with Crippen molar-refractivity contribution in [2.24, 2.45) is 0 Å². The van der Waals surface area contributed by atoms with Gasteiger partial charge >= 0.3 is 0 Å². The third-order valence-corrected chi connectivity index (χ3v) is 4.85. The highest BCUT2D eigenvalue weighted by atomic mass is 32.2. The van der Waals surface area contributed by atoms with Crippen LogP contribution in [-0.4, -0.2) is 51.1 Å². The number of anilines is 1. The first-order valence-corrected chi connectivity index (χ1v) is 9.23. The zero-order chi connectivity index (χ0) is 17.5. The highest BCUT2D eigenvalue weighted by molar-refractivity contribution is 7.99. The van der Waals surface area contributed by atoms with E-state index in [4.69, 9.17) is 4.74 Å². The largest absolute Gasteiger partial charge is 0.376 e. The molecule has 1 atom stereocenters. The average molecular weight is 359 g/mol. The summed E-state index contributed by atoms with van der Waals surface area (Å²) < 4.78 is 7.34. The molecular formula is C17H21N5O2S. The standard InChI is InChI=1S/C17H21N5O2S/c1-2-10-21(14-7-4-3-5-8-14)16(23)13-25-17-18-19-20-22(17)12-15-9-6-11-24-15/h2-5,7-8,15H,1,6,9-13H2. The van der Waals surface area contributed by atoms with Crippen LogP contribution in [0.3, 0.4) is 0 Å². The number of carbonyl (C=O) groups excluding carboxylic acids is 1. The lowest BCUT2D eigenvalue weighted by molar-refractivity contribution is -0.116. The fourth-order valence-electron chi connectivity index (χ4n) is 2.69. The molecule has 0 bridgehead atoms. The SMILES string of the molecule is C=CCN(C(=O)CSc1nnnn1CC1CCCO1)c1ccccc1. The van der Waals surface area contributed by atoms with E-state index in [1.54, 1.807) is 15.7 Å². The molecular weight excluding hydrogens is 338 g/mol. The summed E-state index contributed by atoms with van der Waals surface area (Å²) in [4.78, 5) is 14.3. The summed E-state index contributed by atoms with van der Waals surface area (Å²) in [6, 6.07) is 9.57. The van der Waals surface area contributed by atoms with Crippen LogP contribution in [0.1, 0.15) is 12.8 Å². The lowest BCUT2D eigenvalue weighted by atomic mass is 10.2. The smallest absolute Gasteiger partial charge is 0.237 e. The van der Waals surface area contributed by atoms with Crippen molar-refractivity contribution in [1.29, 1.82) is 0 Å². The van der Waals surface area contributed by atoms with E-state index in [0.29, 0.717) is 18.2 Å². The molecule has 1 aromatic heterocycles. The predicted octanol–water partition coefficient (Wildman–Crippen LogP) is 2.16. The van der Waals surface area contributed by atoms with Crippen molar-refractivity contribution in [3.63, 3.8) is 0 Å². The number of tetrazole rings is 1. The van der Waals surface area contributed by atoms with Gasteiger partial charge in [0.15, 0.2) is 0 Å². The average Bonchev–Trinajstić information content (AvgIpc) is 3.31. The number of benzene rings is 1. The third kappa shape index (κ3) is 4.67. The molecule has 0 aliphatic carbocycles. The third-order valence-electron chi connectivity index (χ3n) is 3.90. The van der Waals surface area contributed by atoms with Gasteiger partial charge in [0.1, 0.15) is 0 Å². The molecule has 1 unspecified atom stereocenters. The molecule has 1 saturated heterocycles. The van der Waals surface area contributed by atoms with Crippen molar-refractivity contribution in [3.8, 4) is 0 Å². The number of ether oxygens (including phenoxy) is 1. The maximum atomic E-state index is 12.6. The van der Waals surface area contributed by atoms with E-state index in [1.165, 1.54) is 11.8 Å². The first-order chi connectivity index (χ1) is 12.3. The number of aromatic nitrogens is 4. The summed E-state index contributed by atoms with van der Waals surface area (Å²) in [6.45, 7) is 5.62. The Morgan fingerprint density at radius 2 is 2.28 bits per heavy atom. The Morgan fingerprint density at radius 3 is 3.00 bits per heavy atom. The Hall–Kier alpha value is -2.19. The minimum atomic E-state index is -0.0113. The Morgan fingerprint density at radius 1 is 1.44 bits per heavy atom. The second-order valence-corrected chi connectivity index (χ2v) is 6.64. The van der Waals surface area contributed by atoms with Crippen LogP contribution in [0.2, 0.25) is 0 Å². The lowest BCUT2D eigenvalue weighted by Gasteiger charge is -2.21. The van der Waals surface area contributed by atoms with Gasteiger partial charge in [-0.15, -0.1) is 11.7 Å². The van der Waals surface area contributed by atoms with Gasteiger partial charge in [-0.25, -0.2) is 4.68 Å². The summed E-state index contributed by atoms with van der Waals surface area (Å²) in [5, 5.41) is 12.4. The van der Waals surface area contributed by atoms with Gasteiger partial charge in [0.2, 0.25) is 11.1 Å². The van der Waals surface area contributed by atoms with Gasteiger partial charge < -0.3 is 9.64 Å². The van der Waals surface area contributed by atoms with Crippen molar-refractivity contribution < 1.29 is 9.53 Å². The molecule has 2 heterocycles. The maximum absolute atomic E-state index is 12.6. The van der Waals surface area contributed by atoms with Gasteiger partial charge in [-0.1, -0.05) is 36.0 Å². The maximum Gasteiger partial charge on any atom is 0.237 e. The van der Waals surface area contributed by atoms with E-state index in [9.17, 15) is 4.79 Å². The Kier molecular flexibility index (Phi) is 6.19. The summed E-state index contributed by atoms with van der Waals surface area (Å²) in [6.07, 6.45) is 3.96. The van der Waals surface area contributed by atoms with Crippen molar-refractivity contribution in [2.75, 3.05) is 23.8 Å². The molecule has 1 aliphatic heterocycles. The molecule has 1 aliphatic rings. The number of nitrogens with zero attached hydrogens (tertiary/aromatic N) is 5. The molecule has 1 amide bonds. The first kappa shape index (κ1) is 17.6. The minimum absolute atomic E-state index is 0.0113. The van der Waals surface area contributed by atoms with Crippen LogP contribution >= 0.6 is 11.8 Å². The molecule has 1 aromatic carbocycles.